The summed E-state index contributed by atoms with van der Waals surface area (Å²) in [6.45, 7) is 0. The summed E-state index contributed by atoms with van der Waals surface area (Å²) in [5.41, 5.74) is 0. The summed E-state index contributed by atoms with van der Waals surface area (Å²) in [7, 11) is 0. The number of hydrogen-bond donors (Lipinski definition) is 3. The van der Waals surface area contributed by atoms with E-state index in [1.165, 1.54) is 0 Å². The molecular formula is C4H7NO6. The number of aliphatic hydroxyl groups is 1. The summed E-state index contributed by atoms with van der Waals surface area (Å²) in [6, 6.07) is 0. The van der Waals surface area contributed by atoms with Crippen LogP contribution < -0.4 is 5.90 Å². The van der Waals surface area contributed by atoms with E-state index in [2.05, 4.69) is 15.8 Å². The molecule has 4 N–H and O–H groups in total. The average molecular weight is 165 g/mol. The number of carboxylic acid groups (broad SMARTS) is 1. The Morgan fingerprint density at radius 2 is 2.09 bits per heavy atom. The molecule has 0 amide bonds. The van der Waals surface area contributed by atoms with Crippen LogP contribution in [0.5, 0.6) is 0 Å². The molecule has 0 aliphatic rings. The zero-order chi connectivity index (χ0) is 8.85. The average Bonchev–Trinajstić information content (AvgIpc) is 1.86. The molecular weight excluding hydrogens is 158 g/mol. The van der Waals surface area contributed by atoms with Gasteiger partial charge in [-0.05, 0) is 0 Å². The van der Waals surface area contributed by atoms with Gasteiger partial charge in [-0.1, -0.05) is 4.99 Å². The van der Waals surface area contributed by atoms with E-state index >= 15 is 0 Å². The zero-order valence-corrected chi connectivity index (χ0v) is 5.39. The first kappa shape index (κ1) is 9.82. The number of rotatable bonds is 4. The van der Waals surface area contributed by atoms with Crippen LogP contribution in [0.1, 0.15) is 6.42 Å². The maximum atomic E-state index is 10.3. The van der Waals surface area contributed by atoms with Crippen molar-refractivity contribution in [3.63, 3.8) is 0 Å². The number of carbonyl (C=O) groups excluding carboxylic acids is 1. The van der Waals surface area contributed by atoms with Gasteiger partial charge in [0.25, 0.3) is 0 Å². The number of nitrogens with two attached hydrogens (primary N) is 1. The Hall–Kier alpha value is -1.18. The van der Waals surface area contributed by atoms with Gasteiger partial charge < -0.3 is 10.2 Å². The molecule has 0 saturated carbocycles. The number of carboxylic acids is 1. The second-order valence-electron chi connectivity index (χ2n) is 1.61. The fourth-order valence-corrected chi connectivity index (χ4v) is 0.352. The summed E-state index contributed by atoms with van der Waals surface area (Å²) in [5, 5.41) is 16.7. The molecule has 0 fully saturated rings. The normalized spacial score (nSPS) is 12.2. The lowest BCUT2D eigenvalue weighted by Gasteiger charge is -2.03. The highest BCUT2D eigenvalue weighted by Crippen LogP contribution is 1.94. The van der Waals surface area contributed by atoms with E-state index in [4.69, 9.17) is 10.2 Å². The van der Waals surface area contributed by atoms with Gasteiger partial charge >= 0.3 is 11.9 Å². The molecule has 0 heterocycles. The Kier molecular flexibility index (Phi) is 4.11. The van der Waals surface area contributed by atoms with Crippen molar-refractivity contribution in [2.75, 3.05) is 0 Å². The van der Waals surface area contributed by atoms with Crippen LogP contribution in [0, 0.1) is 0 Å². The Labute approximate surface area is 61.2 Å². The van der Waals surface area contributed by atoms with E-state index in [1.54, 1.807) is 0 Å². The summed E-state index contributed by atoms with van der Waals surface area (Å²) in [4.78, 5) is 27.3. The monoisotopic (exact) mass is 165 g/mol. The summed E-state index contributed by atoms with van der Waals surface area (Å²) in [6.07, 6.45) is -2.50. The number of aliphatic carboxylic acids is 1. The molecule has 0 aliphatic heterocycles. The van der Waals surface area contributed by atoms with Gasteiger partial charge in [-0.2, -0.15) is 5.90 Å². The van der Waals surface area contributed by atoms with E-state index in [-0.39, 0.29) is 0 Å². The van der Waals surface area contributed by atoms with Gasteiger partial charge in [0.05, 0.1) is 6.42 Å². The molecule has 1 atom stereocenters. The minimum Gasteiger partial charge on any atom is -0.481 e. The topological polar surface area (TPSA) is 119 Å². The minimum atomic E-state index is -1.75. The van der Waals surface area contributed by atoms with Gasteiger partial charge in [0.1, 0.15) is 0 Å². The summed E-state index contributed by atoms with van der Waals surface area (Å²) >= 11 is 0. The van der Waals surface area contributed by atoms with Crippen LogP contribution >= 0.6 is 0 Å². The van der Waals surface area contributed by atoms with Crippen LogP contribution in [0.25, 0.3) is 0 Å². The van der Waals surface area contributed by atoms with Crippen LogP contribution in [0.3, 0.4) is 0 Å². The molecule has 7 nitrogen and oxygen atoms in total. The van der Waals surface area contributed by atoms with Crippen molar-refractivity contribution < 1.29 is 29.7 Å². The molecule has 0 radical (unpaired) electrons. The third kappa shape index (κ3) is 4.25. The number of aliphatic hydroxyl groups excluding tert-OH is 1. The van der Waals surface area contributed by atoms with Crippen molar-refractivity contribution in [2.24, 2.45) is 5.90 Å². The lowest BCUT2D eigenvalue weighted by atomic mass is 10.3. The first-order valence-corrected chi connectivity index (χ1v) is 2.55. The number of carbonyl (C=O) groups is 2. The van der Waals surface area contributed by atoms with Crippen LogP contribution in [0.4, 0.5) is 0 Å². The lowest BCUT2D eigenvalue weighted by Crippen LogP contribution is -2.26. The van der Waals surface area contributed by atoms with Gasteiger partial charge in [0, 0.05) is 0 Å². The molecule has 64 valence electrons. The fourth-order valence-electron chi connectivity index (χ4n) is 0.352. The Balaban J connectivity index is 3.73. The molecule has 11 heavy (non-hydrogen) atoms. The minimum absolute atomic E-state index is 0.748. The quantitative estimate of drug-likeness (QED) is 0.331. The van der Waals surface area contributed by atoms with E-state index in [0.717, 1.165) is 0 Å². The molecule has 0 bridgehead atoms. The zero-order valence-electron chi connectivity index (χ0n) is 5.39. The number of hydrogen-bond acceptors (Lipinski definition) is 6. The molecule has 0 saturated heterocycles. The van der Waals surface area contributed by atoms with Crippen LogP contribution in [-0.4, -0.2) is 28.3 Å². The highest BCUT2D eigenvalue weighted by Gasteiger charge is 2.20. The maximum absolute atomic E-state index is 10.3. The van der Waals surface area contributed by atoms with Crippen molar-refractivity contribution in [2.45, 2.75) is 12.5 Å². The fraction of sp³-hybridized carbons (Fsp3) is 0.500. The Bertz CT molecular complexity index is 157. The standard InChI is InChI=1S/C4H7NO6/c5-11-10-4(9)2(6)1-3(7)8/h2,6H,1,5H2,(H,7,8). The maximum Gasteiger partial charge on any atom is 0.373 e. The predicted octanol–water partition coefficient (Wildman–Crippen LogP) is -1.83. The second-order valence-corrected chi connectivity index (χ2v) is 1.61. The molecule has 0 aromatic rings. The van der Waals surface area contributed by atoms with Gasteiger partial charge in [0.15, 0.2) is 6.10 Å². The molecule has 0 rings (SSSR count). The Morgan fingerprint density at radius 3 is 2.45 bits per heavy atom. The van der Waals surface area contributed by atoms with Crippen molar-refractivity contribution >= 4 is 11.9 Å². The van der Waals surface area contributed by atoms with Crippen LogP contribution in [0.15, 0.2) is 0 Å². The SMILES string of the molecule is NOOC(=O)C(O)CC(=O)O. The van der Waals surface area contributed by atoms with Crippen LogP contribution in [-0.2, 0) is 19.5 Å². The van der Waals surface area contributed by atoms with Gasteiger partial charge in [-0.25, -0.2) is 4.79 Å². The lowest BCUT2D eigenvalue weighted by molar-refractivity contribution is -0.282. The van der Waals surface area contributed by atoms with Crippen molar-refractivity contribution in [1.29, 1.82) is 0 Å². The van der Waals surface area contributed by atoms with Crippen molar-refractivity contribution in [1.82, 2.24) is 0 Å². The van der Waals surface area contributed by atoms with Gasteiger partial charge in [0.2, 0.25) is 0 Å². The van der Waals surface area contributed by atoms with E-state index in [9.17, 15) is 9.59 Å². The van der Waals surface area contributed by atoms with Gasteiger partial charge in [-0.3, -0.25) is 9.68 Å². The molecule has 0 aromatic carbocycles. The summed E-state index contributed by atoms with van der Waals surface area (Å²) in [5.74, 6) is 1.73. The third-order valence-corrected chi connectivity index (χ3v) is 0.770. The van der Waals surface area contributed by atoms with E-state index < -0.39 is 24.5 Å². The largest absolute Gasteiger partial charge is 0.481 e. The first-order valence-electron chi connectivity index (χ1n) is 2.55. The molecule has 0 aliphatic carbocycles. The second kappa shape index (κ2) is 4.61. The third-order valence-electron chi connectivity index (χ3n) is 0.770. The highest BCUT2D eigenvalue weighted by atomic mass is 17.3. The van der Waals surface area contributed by atoms with Crippen molar-refractivity contribution in [3.8, 4) is 0 Å². The molecule has 7 heteroatoms. The molecule has 0 spiro atoms. The Morgan fingerprint density at radius 1 is 1.55 bits per heavy atom. The highest BCUT2D eigenvalue weighted by molar-refractivity contribution is 5.80. The molecule has 0 aromatic heterocycles. The van der Waals surface area contributed by atoms with Crippen LogP contribution in [0.2, 0.25) is 0 Å². The first-order chi connectivity index (χ1) is 5.07. The molecule has 1 unspecified atom stereocenters. The van der Waals surface area contributed by atoms with Gasteiger partial charge in [-0.15, -0.1) is 0 Å². The smallest absolute Gasteiger partial charge is 0.373 e. The van der Waals surface area contributed by atoms with Crippen molar-refractivity contribution in [3.05, 3.63) is 0 Å². The predicted molar refractivity (Wildman–Crippen MR) is 29.6 cm³/mol. The van der Waals surface area contributed by atoms with E-state index in [1.807, 2.05) is 0 Å². The summed E-state index contributed by atoms with van der Waals surface area (Å²) < 4.78 is 0. The van der Waals surface area contributed by atoms with E-state index in [0.29, 0.717) is 0 Å².